The third-order valence-electron chi connectivity index (χ3n) is 1.31. The zero-order chi connectivity index (χ0) is 11.4. The van der Waals surface area contributed by atoms with E-state index in [2.05, 4.69) is 11.9 Å². The molecule has 84 valence electrons. The van der Waals surface area contributed by atoms with Crippen molar-refractivity contribution in [2.24, 2.45) is 0 Å². The molecule has 0 fully saturated rings. The standard InChI is InChI=1S/C5H13NO6P2/c1-2-3-6-5(14(10,11)12)4-13(7,8)9/h2,5-6H,1,3-4H2,(H2,7,8,9)(H2,10,11,12). The van der Waals surface area contributed by atoms with E-state index in [0.29, 0.717) is 0 Å². The summed E-state index contributed by atoms with van der Waals surface area (Å²) < 4.78 is 21.3. The molecule has 1 unspecified atom stereocenters. The van der Waals surface area contributed by atoms with Gasteiger partial charge in [0.15, 0.2) is 0 Å². The van der Waals surface area contributed by atoms with Gasteiger partial charge < -0.3 is 19.6 Å². The second kappa shape index (κ2) is 5.19. The van der Waals surface area contributed by atoms with Crippen molar-refractivity contribution < 1.29 is 28.7 Å². The molecule has 0 aromatic heterocycles. The molecule has 0 rings (SSSR count). The van der Waals surface area contributed by atoms with E-state index in [4.69, 9.17) is 19.6 Å². The fourth-order valence-corrected chi connectivity index (χ4v) is 3.15. The predicted molar refractivity (Wildman–Crippen MR) is 50.9 cm³/mol. The van der Waals surface area contributed by atoms with Gasteiger partial charge in [-0.15, -0.1) is 6.58 Å². The number of nitrogens with one attached hydrogen (secondary N) is 1. The fourth-order valence-electron chi connectivity index (χ4n) is 0.734. The first-order valence-corrected chi connectivity index (χ1v) is 7.09. The van der Waals surface area contributed by atoms with Crippen LogP contribution in [0, 0.1) is 0 Å². The summed E-state index contributed by atoms with van der Waals surface area (Å²) in [6, 6.07) is 0. The van der Waals surface area contributed by atoms with Crippen LogP contribution in [-0.2, 0) is 9.13 Å². The minimum absolute atomic E-state index is 0.0653. The Balaban J connectivity index is 4.49. The quantitative estimate of drug-likeness (QED) is 0.313. The lowest BCUT2D eigenvalue weighted by atomic mass is 10.6. The van der Waals surface area contributed by atoms with Crippen molar-refractivity contribution in [2.45, 2.75) is 5.78 Å². The van der Waals surface area contributed by atoms with Crippen molar-refractivity contribution in [2.75, 3.05) is 12.7 Å². The Hall–Kier alpha value is -0.0000000000000000416. The van der Waals surface area contributed by atoms with Crippen LogP contribution in [-0.4, -0.2) is 38.1 Å². The van der Waals surface area contributed by atoms with Gasteiger partial charge in [0, 0.05) is 6.54 Å². The molecule has 0 bridgehead atoms. The second-order valence-electron chi connectivity index (χ2n) is 2.65. The number of rotatable bonds is 6. The average molecular weight is 245 g/mol. The molecule has 1 atom stereocenters. The van der Waals surface area contributed by atoms with Crippen LogP contribution in [0.5, 0.6) is 0 Å². The lowest BCUT2D eigenvalue weighted by molar-refractivity contribution is 0.338. The van der Waals surface area contributed by atoms with Crippen LogP contribution in [0.4, 0.5) is 0 Å². The lowest BCUT2D eigenvalue weighted by Crippen LogP contribution is -2.32. The molecule has 0 aromatic rings. The molecular formula is C5H13NO6P2. The Morgan fingerprint density at radius 2 is 1.79 bits per heavy atom. The van der Waals surface area contributed by atoms with Crippen LogP contribution in [0.2, 0.25) is 0 Å². The van der Waals surface area contributed by atoms with Crippen molar-refractivity contribution in [3.63, 3.8) is 0 Å². The van der Waals surface area contributed by atoms with Gasteiger partial charge in [0.05, 0.1) is 6.16 Å². The van der Waals surface area contributed by atoms with Crippen molar-refractivity contribution in [3.05, 3.63) is 12.7 Å². The summed E-state index contributed by atoms with van der Waals surface area (Å²) in [5.41, 5.74) is 0. The smallest absolute Gasteiger partial charge is 0.324 e. The van der Waals surface area contributed by atoms with E-state index in [9.17, 15) is 9.13 Å². The fraction of sp³-hybridized carbons (Fsp3) is 0.600. The van der Waals surface area contributed by atoms with Gasteiger partial charge in [-0.05, 0) is 0 Å². The van der Waals surface area contributed by atoms with Crippen molar-refractivity contribution >= 4 is 15.2 Å². The molecule has 0 radical (unpaired) electrons. The third kappa shape index (κ3) is 6.45. The van der Waals surface area contributed by atoms with Gasteiger partial charge in [0.1, 0.15) is 5.78 Å². The van der Waals surface area contributed by atoms with Crippen LogP contribution in [0.25, 0.3) is 0 Å². The van der Waals surface area contributed by atoms with Gasteiger partial charge in [-0.1, -0.05) is 6.08 Å². The molecule has 0 heterocycles. The number of hydrogen-bond acceptors (Lipinski definition) is 3. The summed E-state index contributed by atoms with van der Waals surface area (Å²) in [6.45, 7) is 3.37. The van der Waals surface area contributed by atoms with Gasteiger partial charge in [0.2, 0.25) is 0 Å². The highest BCUT2D eigenvalue weighted by Crippen LogP contribution is 2.47. The predicted octanol–water partition coefficient (Wildman–Crippen LogP) is -0.557. The molecule has 14 heavy (non-hydrogen) atoms. The Kier molecular flexibility index (Phi) is 5.19. The molecule has 0 aliphatic heterocycles. The molecule has 9 heteroatoms. The highest BCUT2D eigenvalue weighted by molar-refractivity contribution is 7.56. The highest BCUT2D eigenvalue weighted by Gasteiger charge is 2.34. The summed E-state index contributed by atoms with van der Waals surface area (Å²) in [7, 11) is -9.00. The van der Waals surface area contributed by atoms with E-state index in [-0.39, 0.29) is 6.54 Å². The molecule has 0 aromatic carbocycles. The van der Waals surface area contributed by atoms with Crippen LogP contribution in [0.15, 0.2) is 12.7 Å². The van der Waals surface area contributed by atoms with Crippen LogP contribution in [0.1, 0.15) is 0 Å². The zero-order valence-electron chi connectivity index (χ0n) is 7.28. The Bertz CT molecular complexity index is 280. The molecule has 7 nitrogen and oxygen atoms in total. The Labute approximate surface area is 81.2 Å². The van der Waals surface area contributed by atoms with E-state index >= 15 is 0 Å². The summed E-state index contributed by atoms with van der Waals surface area (Å²) in [5.74, 6) is -1.54. The molecule has 5 N–H and O–H groups in total. The second-order valence-corrected chi connectivity index (χ2v) is 6.15. The molecule has 0 amide bonds. The summed E-state index contributed by atoms with van der Waals surface area (Å²) in [5, 5.41) is 2.29. The van der Waals surface area contributed by atoms with Gasteiger partial charge in [0.25, 0.3) is 0 Å². The first-order valence-electron chi connectivity index (χ1n) is 3.61. The number of hydrogen-bond donors (Lipinski definition) is 5. The van der Waals surface area contributed by atoms with Crippen molar-refractivity contribution in [3.8, 4) is 0 Å². The summed E-state index contributed by atoms with van der Waals surface area (Å²) in [6.07, 6.45) is 0.438. The van der Waals surface area contributed by atoms with Crippen LogP contribution in [0.3, 0.4) is 0 Å². The highest BCUT2D eigenvalue weighted by atomic mass is 31.2. The molecule has 0 spiro atoms. The average Bonchev–Trinajstić information content (AvgIpc) is 1.93. The Morgan fingerprint density at radius 1 is 1.29 bits per heavy atom. The molecule has 0 saturated carbocycles. The van der Waals surface area contributed by atoms with Gasteiger partial charge in [-0.3, -0.25) is 14.4 Å². The maximum absolute atomic E-state index is 10.8. The minimum atomic E-state index is -4.55. The van der Waals surface area contributed by atoms with E-state index in [1.807, 2.05) is 0 Å². The van der Waals surface area contributed by atoms with E-state index in [1.54, 1.807) is 0 Å². The third-order valence-corrected chi connectivity index (χ3v) is 3.62. The monoisotopic (exact) mass is 245 g/mol. The zero-order valence-corrected chi connectivity index (χ0v) is 9.06. The maximum atomic E-state index is 10.8. The first-order chi connectivity index (χ1) is 6.17. The summed E-state index contributed by atoms with van der Waals surface area (Å²) >= 11 is 0. The Morgan fingerprint density at radius 3 is 2.07 bits per heavy atom. The molecular weight excluding hydrogens is 232 g/mol. The van der Waals surface area contributed by atoms with Gasteiger partial charge >= 0.3 is 15.2 Å². The SMILES string of the molecule is C=CCNC(CP(=O)(O)O)P(=O)(O)O. The maximum Gasteiger partial charge on any atom is 0.342 e. The topological polar surface area (TPSA) is 127 Å². The molecule has 0 aliphatic rings. The van der Waals surface area contributed by atoms with E-state index in [1.165, 1.54) is 6.08 Å². The minimum Gasteiger partial charge on any atom is -0.324 e. The van der Waals surface area contributed by atoms with E-state index < -0.39 is 27.1 Å². The van der Waals surface area contributed by atoms with Crippen molar-refractivity contribution in [1.29, 1.82) is 0 Å². The molecule has 0 aliphatic carbocycles. The largest absolute Gasteiger partial charge is 0.342 e. The molecule has 0 saturated heterocycles. The van der Waals surface area contributed by atoms with Crippen LogP contribution >= 0.6 is 15.2 Å². The van der Waals surface area contributed by atoms with Gasteiger partial charge in [-0.2, -0.15) is 0 Å². The van der Waals surface area contributed by atoms with Crippen molar-refractivity contribution in [1.82, 2.24) is 5.32 Å². The summed E-state index contributed by atoms with van der Waals surface area (Å²) in [4.78, 5) is 34.6. The lowest BCUT2D eigenvalue weighted by Gasteiger charge is -2.19. The van der Waals surface area contributed by atoms with Gasteiger partial charge in [-0.25, -0.2) is 0 Å². The van der Waals surface area contributed by atoms with E-state index in [0.717, 1.165) is 0 Å². The normalized spacial score (nSPS) is 15.1. The van der Waals surface area contributed by atoms with Crippen LogP contribution < -0.4 is 5.32 Å². The first kappa shape index (κ1) is 14.0.